The lowest BCUT2D eigenvalue weighted by atomic mass is 10.1. The molecule has 0 unspecified atom stereocenters. The lowest BCUT2D eigenvalue weighted by Gasteiger charge is -2.27. The van der Waals surface area contributed by atoms with Crippen LogP contribution >= 0.6 is 11.6 Å². The normalized spacial score (nSPS) is 14.9. The summed E-state index contributed by atoms with van der Waals surface area (Å²) in [6, 6.07) is 4.02. The summed E-state index contributed by atoms with van der Waals surface area (Å²) in [5.74, 6) is -12.8. The van der Waals surface area contributed by atoms with Gasteiger partial charge in [-0.1, -0.05) is 29.8 Å². The van der Waals surface area contributed by atoms with Gasteiger partial charge in [0.25, 0.3) is 5.91 Å². The quantitative estimate of drug-likeness (QED) is 0.499. The Bertz CT molecular complexity index is 1140. The SMILES string of the molecule is NC(=O)c1nc(C2=CCCC=C2)n(-c2ccc(Cl)c(COCC(F)(F)C(F)(F)C(F)(F)F)c2)n1. The summed E-state index contributed by atoms with van der Waals surface area (Å²) in [4.78, 5) is 15.7. The number of benzene rings is 1. The van der Waals surface area contributed by atoms with Crippen molar-refractivity contribution in [3.63, 3.8) is 0 Å². The van der Waals surface area contributed by atoms with Gasteiger partial charge in [0.2, 0.25) is 5.82 Å². The lowest BCUT2D eigenvalue weighted by Crippen LogP contribution is -2.54. The smallest absolute Gasteiger partial charge is 0.370 e. The Hall–Kier alpha value is -2.93. The number of halogens is 8. The number of alkyl halides is 7. The first-order valence-corrected chi connectivity index (χ1v) is 9.95. The maximum Gasteiger partial charge on any atom is 0.459 e. The Morgan fingerprint density at radius 1 is 1.15 bits per heavy atom. The summed E-state index contributed by atoms with van der Waals surface area (Å²) in [5.41, 5.74) is 6.09. The molecule has 0 radical (unpaired) electrons. The maximum absolute atomic E-state index is 13.5. The first-order chi connectivity index (χ1) is 15.7. The minimum atomic E-state index is -6.46. The number of primary amides is 1. The van der Waals surface area contributed by atoms with Gasteiger partial charge in [-0.15, -0.1) is 5.10 Å². The molecule has 0 saturated carbocycles. The topological polar surface area (TPSA) is 83.0 Å². The van der Waals surface area contributed by atoms with Gasteiger partial charge in [0.1, 0.15) is 6.61 Å². The van der Waals surface area contributed by atoms with Crippen molar-refractivity contribution in [2.24, 2.45) is 5.73 Å². The largest absolute Gasteiger partial charge is 0.459 e. The second kappa shape index (κ2) is 9.37. The molecule has 3 rings (SSSR count). The average Bonchev–Trinajstić information content (AvgIpc) is 3.20. The van der Waals surface area contributed by atoms with Gasteiger partial charge in [-0.25, -0.2) is 9.67 Å². The molecule has 0 saturated heterocycles. The fraction of sp³-hybridized carbons (Fsp3) is 0.350. The van der Waals surface area contributed by atoms with Crippen LogP contribution in [0.3, 0.4) is 0 Å². The molecule has 6 nitrogen and oxygen atoms in total. The van der Waals surface area contributed by atoms with E-state index in [0.717, 1.165) is 6.42 Å². The molecule has 2 aromatic rings. The third-order valence-electron chi connectivity index (χ3n) is 4.71. The van der Waals surface area contributed by atoms with Crippen molar-refractivity contribution in [2.75, 3.05) is 6.61 Å². The summed E-state index contributed by atoms with van der Waals surface area (Å²) in [6.45, 7) is -3.02. The van der Waals surface area contributed by atoms with Gasteiger partial charge in [-0.2, -0.15) is 30.7 Å². The van der Waals surface area contributed by atoms with Crippen LogP contribution in [0.1, 0.15) is 34.8 Å². The summed E-state index contributed by atoms with van der Waals surface area (Å²) in [5, 5.41) is 3.99. The zero-order chi connectivity index (χ0) is 25.3. The maximum atomic E-state index is 13.5. The number of ether oxygens (including phenoxy) is 1. The highest BCUT2D eigenvalue weighted by atomic mass is 35.5. The molecule has 0 bridgehead atoms. The van der Waals surface area contributed by atoms with Crippen LogP contribution in [0.5, 0.6) is 0 Å². The molecule has 1 heterocycles. The van der Waals surface area contributed by atoms with Crippen molar-refractivity contribution in [1.29, 1.82) is 0 Å². The van der Waals surface area contributed by atoms with Gasteiger partial charge in [0, 0.05) is 10.6 Å². The van der Waals surface area contributed by atoms with E-state index >= 15 is 0 Å². The third-order valence-corrected chi connectivity index (χ3v) is 5.08. The highest BCUT2D eigenvalue weighted by Crippen LogP contribution is 2.46. The second-order valence-electron chi connectivity index (χ2n) is 7.22. The first-order valence-electron chi connectivity index (χ1n) is 9.57. The molecule has 1 aliphatic rings. The second-order valence-corrected chi connectivity index (χ2v) is 7.63. The van der Waals surface area contributed by atoms with Crippen LogP contribution in [0.15, 0.2) is 36.4 Å². The first kappa shape index (κ1) is 25.7. The fourth-order valence-corrected chi connectivity index (χ4v) is 3.13. The number of hydrogen-bond acceptors (Lipinski definition) is 4. The molecular weight excluding hydrogens is 497 g/mol. The molecule has 1 aliphatic carbocycles. The molecule has 0 spiro atoms. The number of allylic oxidation sites excluding steroid dienone is 4. The van der Waals surface area contributed by atoms with E-state index in [-0.39, 0.29) is 27.9 Å². The van der Waals surface area contributed by atoms with Crippen molar-refractivity contribution in [2.45, 2.75) is 37.5 Å². The van der Waals surface area contributed by atoms with E-state index in [4.69, 9.17) is 17.3 Å². The molecule has 1 amide bonds. The summed E-state index contributed by atoms with van der Waals surface area (Å²) in [6.07, 6.45) is 0.491. The van der Waals surface area contributed by atoms with Gasteiger partial charge in [0.05, 0.1) is 12.3 Å². The zero-order valence-corrected chi connectivity index (χ0v) is 17.8. The predicted molar refractivity (Wildman–Crippen MR) is 107 cm³/mol. The van der Waals surface area contributed by atoms with Crippen LogP contribution in [-0.2, 0) is 11.3 Å². The van der Waals surface area contributed by atoms with Crippen molar-refractivity contribution >= 4 is 23.1 Å². The van der Waals surface area contributed by atoms with Gasteiger partial charge in [-0.3, -0.25) is 4.79 Å². The van der Waals surface area contributed by atoms with Crippen LogP contribution < -0.4 is 5.73 Å². The van der Waals surface area contributed by atoms with Gasteiger partial charge in [-0.05, 0) is 36.6 Å². The number of carbonyl (C=O) groups excluding carboxylic acids is 1. The molecule has 1 aromatic heterocycles. The van der Waals surface area contributed by atoms with Crippen molar-refractivity contribution in [3.8, 4) is 5.69 Å². The van der Waals surface area contributed by atoms with E-state index in [2.05, 4.69) is 14.8 Å². The number of rotatable bonds is 8. The highest BCUT2D eigenvalue weighted by molar-refractivity contribution is 6.31. The molecule has 0 atom stereocenters. The molecule has 184 valence electrons. The summed E-state index contributed by atoms with van der Waals surface area (Å²) >= 11 is 6.00. The Labute approximate surface area is 192 Å². The fourth-order valence-electron chi connectivity index (χ4n) is 2.95. The summed E-state index contributed by atoms with van der Waals surface area (Å²) in [7, 11) is 0. The standard InChI is InChI=1S/C20H16ClF7N4O2/c21-14-7-6-13(8-12(14)9-34-10-18(22,23)19(24,25)20(26,27)28)32-17(11-4-2-1-3-5-11)30-16(31-32)15(29)33/h2,4-8H,1,3,9-10H2,(H2,29,33). The van der Waals surface area contributed by atoms with Crippen LogP contribution in [-0.4, -0.2) is 45.3 Å². The summed E-state index contributed by atoms with van der Waals surface area (Å²) < 4.78 is 95.5. The number of carbonyl (C=O) groups is 1. The molecule has 2 N–H and O–H groups in total. The Morgan fingerprint density at radius 3 is 2.44 bits per heavy atom. The van der Waals surface area contributed by atoms with Crippen LogP contribution in [0.25, 0.3) is 11.3 Å². The minimum absolute atomic E-state index is 0.0134. The van der Waals surface area contributed by atoms with Crippen molar-refractivity contribution in [3.05, 3.63) is 58.7 Å². The average molecular weight is 513 g/mol. The molecule has 34 heavy (non-hydrogen) atoms. The highest BCUT2D eigenvalue weighted by Gasteiger charge is 2.73. The van der Waals surface area contributed by atoms with Crippen molar-refractivity contribution < 1.29 is 40.3 Å². The molecular formula is C20H16ClF7N4O2. The molecule has 14 heteroatoms. The van der Waals surface area contributed by atoms with E-state index < -0.39 is 37.1 Å². The molecule has 0 aliphatic heterocycles. The molecule has 0 fully saturated rings. The minimum Gasteiger partial charge on any atom is -0.370 e. The van der Waals surface area contributed by atoms with E-state index in [9.17, 15) is 35.5 Å². The van der Waals surface area contributed by atoms with Gasteiger partial charge >= 0.3 is 18.0 Å². The Kier molecular flexibility index (Phi) is 7.08. The number of hydrogen-bond donors (Lipinski definition) is 1. The Morgan fingerprint density at radius 2 is 1.85 bits per heavy atom. The number of nitrogens with two attached hydrogens (primary N) is 1. The number of aromatic nitrogens is 3. The van der Waals surface area contributed by atoms with Crippen LogP contribution in [0.4, 0.5) is 30.7 Å². The van der Waals surface area contributed by atoms with E-state index in [1.807, 2.05) is 12.2 Å². The number of nitrogens with zero attached hydrogens (tertiary/aromatic N) is 3. The van der Waals surface area contributed by atoms with E-state index in [0.29, 0.717) is 12.0 Å². The monoisotopic (exact) mass is 512 g/mol. The van der Waals surface area contributed by atoms with Gasteiger partial charge in [0.15, 0.2) is 5.82 Å². The molecule has 1 aromatic carbocycles. The van der Waals surface area contributed by atoms with Gasteiger partial charge < -0.3 is 10.5 Å². The third kappa shape index (κ3) is 5.09. The predicted octanol–water partition coefficient (Wildman–Crippen LogP) is 5.10. The van der Waals surface area contributed by atoms with Crippen LogP contribution in [0.2, 0.25) is 5.02 Å². The zero-order valence-electron chi connectivity index (χ0n) is 17.1. The number of amides is 1. The lowest BCUT2D eigenvalue weighted by molar-refractivity contribution is -0.361. The van der Waals surface area contributed by atoms with Crippen molar-refractivity contribution in [1.82, 2.24) is 14.8 Å². The van der Waals surface area contributed by atoms with E-state index in [1.165, 1.54) is 22.9 Å². The van der Waals surface area contributed by atoms with E-state index in [1.54, 1.807) is 6.08 Å². The Balaban J connectivity index is 1.87. The van der Waals surface area contributed by atoms with Crippen LogP contribution in [0, 0.1) is 0 Å².